The van der Waals surface area contributed by atoms with E-state index in [1.54, 1.807) is 23.0 Å². The number of amides is 1. The van der Waals surface area contributed by atoms with E-state index >= 15 is 0 Å². The van der Waals surface area contributed by atoms with Gasteiger partial charge in [0.15, 0.2) is 0 Å². The topological polar surface area (TPSA) is 83.6 Å². The van der Waals surface area contributed by atoms with E-state index in [0.717, 1.165) is 28.9 Å². The lowest BCUT2D eigenvalue weighted by atomic mass is 10.0. The Labute approximate surface area is 164 Å². The number of nitriles is 1. The molecule has 0 saturated carbocycles. The fraction of sp³-hybridized carbons (Fsp3) is 0.273. The van der Waals surface area contributed by atoms with Gasteiger partial charge in [-0.05, 0) is 50.1 Å². The summed E-state index contributed by atoms with van der Waals surface area (Å²) in [7, 11) is 1.87. The summed E-state index contributed by atoms with van der Waals surface area (Å²) in [5.74, 6) is -0.125. The fourth-order valence-electron chi connectivity index (χ4n) is 3.29. The van der Waals surface area contributed by atoms with Crippen LogP contribution in [0.3, 0.4) is 0 Å². The number of aryl methyl sites for hydroxylation is 3. The lowest BCUT2D eigenvalue weighted by molar-refractivity contribution is 0.0934. The Kier molecular flexibility index (Phi) is 5.55. The highest BCUT2D eigenvalue weighted by atomic mass is 16.1. The molecule has 1 amide bonds. The zero-order chi connectivity index (χ0) is 20.3. The molecular formula is C22H23N5O. The third-order valence-corrected chi connectivity index (χ3v) is 4.88. The average Bonchev–Trinajstić information content (AvgIpc) is 3.11. The number of nitrogens with one attached hydrogen (secondary N) is 1. The van der Waals surface area contributed by atoms with E-state index in [1.807, 2.05) is 52.1 Å². The molecule has 0 spiro atoms. The molecule has 0 bridgehead atoms. The largest absolute Gasteiger partial charge is 0.344 e. The molecule has 3 aromatic rings. The Morgan fingerprint density at radius 2 is 1.96 bits per heavy atom. The first-order valence-corrected chi connectivity index (χ1v) is 9.22. The lowest BCUT2D eigenvalue weighted by Crippen LogP contribution is -2.29. The van der Waals surface area contributed by atoms with Crippen LogP contribution in [0.5, 0.6) is 0 Å². The molecule has 0 fully saturated rings. The zero-order valence-electron chi connectivity index (χ0n) is 16.5. The Hall–Kier alpha value is -3.46. The van der Waals surface area contributed by atoms with Crippen molar-refractivity contribution in [2.45, 2.75) is 33.2 Å². The molecular weight excluding hydrogens is 350 g/mol. The van der Waals surface area contributed by atoms with E-state index in [-0.39, 0.29) is 11.9 Å². The van der Waals surface area contributed by atoms with Gasteiger partial charge >= 0.3 is 0 Å². The molecule has 0 radical (unpaired) electrons. The Morgan fingerprint density at radius 1 is 1.25 bits per heavy atom. The van der Waals surface area contributed by atoms with E-state index in [2.05, 4.69) is 21.5 Å². The molecule has 142 valence electrons. The number of hydrogen-bond acceptors (Lipinski definition) is 4. The van der Waals surface area contributed by atoms with Gasteiger partial charge in [0.25, 0.3) is 5.91 Å². The minimum absolute atomic E-state index is 0.0924. The van der Waals surface area contributed by atoms with Gasteiger partial charge in [-0.1, -0.05) is 19.1 Å². The second-order valence-electron chi connectivity index (χ2n) is 6.79. The zero-order valence-corrected chi connectivity index (χ0v) is 16.5. The van der Waals surface area contributed by atoms with Crippen LogP contribution in [-0.2, 0) is 7.05 Å². The number of benzene rings is 1. The molecule has 2 heterocycles. The number of rotatable bonds is 5. The van der Waals surface area contributed by atoms with Crippen molar-refractivity contribution in [1.82, 2.24) is 20.1 Å². The second-order valence-corrected chi connectivity index (χ2v) is 6.79. The summed E-state index contributed by atoms with van der Waals surface area (Å²) in [6.07, 6.45) is 2.50. The van der Waals surface area contributed by atoms with Crippen molar-refractivity contribution in [3.63, 3.8) is 0 Å². The van der Waals surface area contributed by atoms with Crippen molar-refractivity contribution in [3.8, 4) is 17.3 Å². The molecule has 0 aliphatic rings. The predicted molar refractivity (Wildman–Crippen MR) is 108 cm³/mol. The van der Waals surface area contributed by atoms with Gasteiger partial charge in [0.1, 0.15) is 6.07 Å². The van der Waals surface area contributed by atoms with Crippen molar-refractivity contribution in [3.05, 3.63) is 70.7 Å². The van der Waals surface area contributed by atoms with Crippen molar-refractivity contribution < 1.29 is 4.79 Å². The number of carbonyl (C=O) groups excluding carboxylic acids is 1. The number of hydrogen-bond donors (Lipinski definition) is 1. The molecule has 6 heteroatoms. The summed E-state index contributed by atoms with van der Waals surface area (Å²) in [5.41, 5.74) is 5.48. The van der Waals surface area contributed by atoms with Gasteiger partial charge in [0, 0.05) is 24.4 Å². The SMILES string of the molecule is CCC(NC(=O)c1ccc(-c2cc(C)c(C#N)c(C)n2)cc1)c1ccnn1C. The standard InChI is InChI=1S/C22H23N5O/c1-5-19(21-10-11-24-27(21)4)26-22(28)17-8-6-16(7-9-17)20-12-14(2)18(13-23)15(3)25-20/h6-12,19H,5H2,1-4H3,(H,26,28). The second kappa shape index (κ2) is 8.05. The van der Waals surface area contributed by atoms with Crippen molar-refractivity contribution in [1.29, 1.82) is 5.26 Å². The van der Waals surface area contributed by atoms with E-state index in [9.17, 15) is 10.1 Å². The number of aromatic nitrogens is 3. The van der Waals surface area contributed by atoms with Gasteiger partial charge in [-0.2, -0.15) is 10.4 Å². The third-order valence-electron chi connectivity index (χ3n) is 4.88. The Morgan fingerprint density at radius 3 is 2.50 bits per heavy atom. The van der Waals surface area contributed by atoms with Gasteiger partial charge in [-0.15, -0.1) is 0 Å². The summed E-state index contributed by atoms with van der Waals surface area (Å²) in [6.45, 7) is 5.77. The molecule has 2 aromatic heterocycles. The minimum Gasteiger partial charge on any atom is -0.344 e. The molecule has 3 rings (SSSR count). The summed E-state index contributed by atoms with van der Waals surface area (Å²) in [4.78, 5) is 17.2. The highest BCUT2D eigenvalue weighted by Gasteiger charge is 2.17. The first-order valence-electron chi connectivity index (χ1n) is 9.22. The summed E-state index contributed by atoms with van der Waals surface area (Å²) in [5, 5.41) is 16.4. The van der Waals surface area contributed by atoms with Crippen molar-refractivity contribution in [2.24, 2.45) is 7.05 Å². The summed E-state index contributed by atoms with van der Waals surface area (Å²) < 4.78 is 1.78. The van der Waals surface area contributed by atoms with Gasteiger partial charge in [-0.25, -0.2) is 0 Å². The first kappa shape index (κ1) is 19.3. The number of nitrogens with zero attached hydrogens (tertiary/aromatic N) is 4. The number of carbonyl (C=O) groups is 1. The van der Waals surface area contributed by atoms with Crippen molar-refractivity contribution in [2.75, 3.05) is 0 Å². The van der Waals surface area contributed by atoms with Crippen LogP contribution < -0.4 is 5.32 Å². The van der Waals surface area contributed by atoms with Crippen LogP contribution in [-0.4, -0.2) is 20.7 Å². The summed E-state index contributed by atoms with van der Waals surface area (Å²) in [6, 6.07) is 13.3. The molecule has 1 N–H and O–H groups in total. The molecule has 1 aromatic carbocycles. The van der Waals surface area contributed by atoms with Crippen LogP contribution in [0, 0.1) is 25.2 Å². The highest BCUT2D eigenvalue weighted by molar-refractivity contribution is 5.94. The van der Waals surface area contributed by atoms with Crippen LogP contribution in [0.2, 0.25) is 0 Å². The van der Waals surface area contributed by atoms with E-state index in [1.165, 1.54) is 0 Å². The first-order chi connectivity index (χ1) is 13.4. The molecule has 0 saturated heterocycles. The summed E-state index contributed by atoms with van der Waals surface area (Å²) >= 11 is 0. The maximum Gasteiger partial charge on any atom is 0.251 e. The van der Waals surface area contributed by atoms with Gasteiger partial charge in [0.05, 0.1) is 28.7 Å². The fourth-order valence-corrected chi connectivity index (χ4v) is 3.29. The molecule has 1 unspecified atom stereocenters. The van der Waals surface area contributed by atoms with Crippen molar-refractivity contribution >= 4 is 5.91 Å². The van der Waals surface area contributed by atoms with Crippen LogP contribution in [0.4, 0.5) is 0 Å². The number of pyridine rings is 1. The normalized spacial score (nSPS) is 11.7. The van der Waals surface area contributed by atoms with E-state index < -0.39 is 0 Å². The van der Waals surface area contributed by atoms with Crippen LogP contribution in [0.25, 0.3) is 11.3 Å². The van der Waals surface area contributed by atoms with Crippen LogP contribution in [0.15, 0.2) is 42.6 Å². The molecule has 28 heavy (non-hydrogen) atoms. The molecule has 6 nitrogen and oxygen atoms in total. The van der Waals surface area contributed by atoms with Crippen LogP contribution in [0.1, 0.15) is 52.3 Å². The monoisotopic (exact) mass is 373 g/mol. The smallest absolute Gasteiger partial charge is 0.251 e. The van der Waals surface area contributed by atoms with Gasteiger partial charge in [-0.3, -0.25) is 14.5 Å². The minimum atomic E-state index is -0.125. The molecule has 1 atom stereocenters. The van der Waals surface area contributed by atoms with Gasteiger partial charge in [0.2, 0.25) is 0 Å². The van der Waals surface area contributed by atoms with Crippen LogP contribution >= 0.6 is 0 Å². The third kappa shape index (κ3) is 3.79. The maximum absolute atomic E-state index is 12.7. The lowest BCUT2D eigenvalue weighted by Gasteiger charge is -2.17. The van der Waals surface area contributed by atoms with E-state index in [0.29, 0.717) is 16.8 Å². The van der Waals surface area contributed by atoms with E-state index in [4.69, 9.17) is 0 Å². The van der Waals surface area contributed by atoms with Gasteiger partial charge < -0.3 is 5.32 Å². The predicted octanol–water partition coefficient (Wildman–Crippen LogP) is 3.85. The maximum atomic E-state index is 12.7. The Balaban J connectivity index is 1.80. The quantitative estimate of drug-likeness (QED) is 0.736. The Bertz CT molecular complexity index is 1020. The molecule has 0 aliphatic heterocycles. The average molecular weight is 373 g/mol. The molecule has 0 aliphatic carbocycles. The highest BCUT2D eigenvalue weighted by Crippen LogP contribution is 2.23.